The number of nitrogens with zero attached hydrogens (tertiary/aromatic N) is 5. The molecule has 3 aromatic heterocycles. The molecule has 0 fully saturated rings. The lowest BCUT2D eigenvalue weighted by molar-refractivity contribution is 0.103. The van der Waals surface area contributed by atoms with Crippen molar-refractivity contribution < 1.29 is 4.79 Å². The van der Waals surface area contributed by atoms with Crippen LogP contribution in [0.4, 0.5) is 16.6 Å². The Labute approximate surface area is 170 Å². The maximum atomic E-state index is 12.7. The van der Waals surface area contributed by atoms with Gasteiger partial charge in [-0.25, -0.2) is 4.98 Å². The monoisotopic (exact) mass is 406 g/mol. The number of H-pyrrole nitrogens is 1. The van der Waals surface area contributed by atoms with Crippen LogP contribution in [-0.2, 0) is 6.54 Å². The van der Waals surface area contributed by atoms with Gasteiger partial charge in [-0.15, -0.1) is 0 Å². The van der Waals surface area contributed by atoms with Gasteiger partial charge in [0.05, 0.1) is 42.6 Å². The summed E-state index contributed by atoms with van der Waals surface area (Å²) in [7, 11) is 0. The maximum absolute atomic E-state index is 12.7. The number of hydrogen-bond acceptors (Lipinski definition) is 7. The van der Waals surface area contributed by atoms with E-state index in [1.165, 1.54) is 17.5 Å². The first-order valence-electron chi connectivity index (χ1n) is 8.93. The highest BCUT2D eigenvalue weighted by Crippen LogP contribution is 2.28. The number of amides is 1. The summed E-state index contributed by atoms with van der Waals surface area (Å²) >= 11 is 1.24. The van der Waals surface area contributed by atoms with E-state index in [2.05, 4.69) is 37.0 Å². The predicted molar refractivity (Wildman–Crippen MR) is 111 cm³/mol. The number of carbonyl (C=O) groups excluding carboxylic acids is 1. The van der Waals surface area contributed by atoms with Crippen molar-refractivity contribution in [2.75, 3.05) is 10.6 Å². The number of hydrogen-bond donors (Lipinski definition) is 3. The predicted octanol–water partition coefficient (Wildman–Crippen LogP) is 3.74. The smallest absolute Gasteiger partial charge is 0.267 e. The SMILES string of the molecule is Cc1cn(CCC#N)nc1Nc1ncc(C(=O)Nc2c(C)ccc3[nH]ncc23)s1. The van der Waals surface area contributed by atoms with Crippen LogP contribution in [-0.4, -0.2) is 30.9 Å². The molecule has 10 heteroatoms. The number of aromatic nitrogens is 5. The molecule has 1 aromatic carbocycles. The molecule has 0 bridgehead atoms. The van der Waals surface area contributed by atoms with E-state index in [-0.39, 0.29) is 5.91 Å². The van der Waals surface area contributed by atoms with E-state index in [1.54, 1.807) is 10.9 Å². The Morgan fingerprint density at radius 1 is 1.31 bits per heavy atom. The molecule has 0 aliphatic rings. The first-order chi connectivity index (χ1) is 14.0. The van der Waals surface area contributed by atoms with Crippen molar-refractivity contribution in [1.82, 2.24) is 25.0 Å². The molecule has 0 unspecified atom stereocenters. The fourth-order valence-electron chi connectivity index (χ4n) is 2.93. The average Bonchev–Trinajstić information content (AvgIpc) is 3.43. The van der Waals surface area contributed by atoms with Gasteiger partial charge in [0.25, 0.3) is 5.91 Å². The Bertz CT molecular complexity index is 1230. The minimum Gasteiger partial charge on any atom is -0.320 e. The van der Waals surface area contributed by atoms with E-state index in [1.807, 2.05) is 32.2 Å². The Morgan fingerprint density at radius 2 is 2.17 bits per heavy atom. The molecule has 29 heavy (non-hydrogen) atoms. The van der Waals surface area contributed by atoms with Gasteiger partial charge < -0.3 is 10.6 Å². The van der Waals surface area contributed by atoms with Crippen molar-refractivity contribution in [3.63, 3.8) is 0 Å². The molecule has 4 aromatic rings. The summed E-state index contributed by atoms with van der Waals surface area (Å²) in [5.74, 6) is 0.423. The number of nitrogens with one attached hydrogen (secondary N) is 3. The fourth-order valence-corrected chi connectivity index (χ4v) is 3.64. The number of fused-ring (bicyclic) bond motifs is 1. The molecule has 3 N–H and O–H groups in total. The number of anilines is 3. The van der Waals surface area contributed by atoms with Crippen LogP contribution in [0.15, 0.2) is 30.7 Å². The molecule has 1 amide bonds. The number of aryl methyl sites for hydroxylation is 3. The van der Waals surface area contributed by atoms with Crippen LogP contribution in [0.1, 0.15) is 27.2 Å². The van der Waals surface area contributed by atoms with Crippen LogP contribution in [0.3, 0.4) is 0 Å². The zero-order valence-electron chi connectivity index (χ0n) is 15.9. The lowest BCUT2D eigenvalue weighted by atomic mass is 10.1. The second-order valence-corrected chi connectivity index (χ2v) is 7.56. The highest BCUT2D eigenvalue weighted by atomic mass is 32.1. The van der Waals surface area contributed by atoms with Crippen LogP contribution < -0.4 is 10.6 Å². The zero-order valence-corrected chi connectivity index (χ0v) is 16.7. The molecule has 146 valence electrons. The van der Waals surface area contributed by atoms with Gasteiger partial charge in [-0.05, 0) is 25.5 Å². The van der Waals surface area contributed by atoms with Gasteiger partial charge in [0, 0.05) is 17.1 Å². The van der Waals surface area contributed by atoms with Gasteiger partial charge in [-0.1, -0.05) is 17.4 Å². The van der Waals surface area contributed by atoms with E-state index < -0.39 is 0 Å². The number of rotatable bonds is 6. The van der Waals surface area contributed by atoms with Gasteiger partial charge >= 0.3 is 0 Å². The average molecular weight is 406 g/mol. The van der Waals surface area contributed by atoms with Crippen LogP contribution >= 0.6 is 11.3 Å². The quantitative estimate of drug-likeness (QED) is 0.448. The lowest BCUT2D eigenvalue weighted by Gasteiger charge is -2.08. The van der Waals surface area contributed by atoms with E-state index in [9.17, 15) is 4.79 Å². The fraction of sp³-hybridized carbons (Fsp3) is 0.211. The molecule has 0 saturated carbocycles. The molecule has 0 spiro atoms. The van der Waals surface area contributed by atoms with Gasteiger partial charge in [-0.3, -0.25) is 14.6 Å². The van der Waals surface area contributed by atoms with Crippen molar-refractivity contribution in [3.05, 3.63) is 46.7 Å². The van der Waals surface area contributed by atoms with Crippen LogP contribution in [0.2, 0.25) is 0 Å². The molecular formula is C19H18N8OS. The van der Waals surface area contributed by atoms with Crippen LogP contribution in [0, 0.1) is 25.2 Å². The van der Waals surface area contributed by atoms with E-state index >= 15 is 0 Å². The largest absolute Gasteiger partial charge is 0.320 e. The minimum absolute atomic E-state index is 0.233. The second kappa shape index (κ2) is 7.73. The molecule has 0 saturated heterocycles. The molecular weight excluding hydrogens is 388 g/mol. The van der Waals surface area contributed by atoms with Crippen molar-refractivity contribution >= 4 is 44.8 Å². The topological polar surface area (TPSA) is 124 Å². The number of benzene rings is 1. The zero-order chi connectivity index (χ0) is 20.4. The van der Waals surface area contributed by atoms with Crippen LogP contribution in [0.5, 0.6) is 0 Å². The maximum Gasteiger partial charge on any atom is 0.267 e. The summed E-state index contributed by atoms with van der Waals surface area (Å²) in [4.78, 5) is 17.5. The number of thiazole rings is 1. The Hall–Kier alpha value is -3.71. The molecule has 0 aliphatic carbocycles. The van der Waals surface area contributed by atoms with Gasteiger partial charge in [0.1, 0.15) is 4.88 Å². The van der Waals surface area contributed by atoms with Crippen molar-refractivity contribution in [1.29, 1.82) is 5.26 Å². The van der Waals surface area contributed by atoms with Crippen LogP contribution in [0.25, 0.3) is 10.9 Å². The van der Waals surface area contributed by atoms with E-state index in [0.29, 0.717) is 28.8 Å². The summed E-state index contributed by atoms with van der Waals surface area (Å²) in [6.07, 6.45) is 5.50. The van der Waals surface area contributed by atoms with E-state index in [0.717, 1.165) is 27.7 Å². The van der Waals surface area contributed by atoms with E-state index in [4.69, 9.17) is 5.26 Å². The summed E-state index contributed by atoms with van der Waals surface area (Å²) < 4.78 is 1.72. The lowest BCUT2D eigenvalue weighted by Crippen LogP contribution is -2.11. The first-order valence-corrected chi connectivity index (χ1v) is 9.74. The number of aromatic amines is 1. The normalized spacial score (nSPS) is 10.8. The molecule has 3 heterocycles. The van der Waals surface area contributed by atoms with Crippen molar-refractivity contribution in [2.45, 2.75) is 26.8 Å². The second-order valence-electron chi connectivity index (χ2n) is 6.53. The molecule has 0 aliphatic heterocycles. The molecule has 0 atom stereocenters. The Kier molecular flexibility index (Phi) is 4.97. The minimum atomic E-state index is -0.233. The van der Waals surface area contributed by atoms with Crippen molar-refractivity contribution in [3.8, 4) is 6.07 Å². The number of carbonyl (C=O) groups is 1. The highest BCUT2D eigenvalue weighted by Gasteiger charge is 2.15. The molecule has 9 nitrogen and oxygen atoms in total. The molecule has 0 radical (unpaired) electrons. The first kappa shape index (κ1) is 18.6. The third-order valence-electron chi connectivity index (χ3n) is 4.42. The summed E-state index contributed by atoms with van der Waals surface area (Å²) in [6, 6.07) is 5.96. The highest BCUT2D eigenvalue weighted by molar-refractivity contribution is 7.17. The number of nitriles is 1. The van der Waals surface area contributed by atoms with Crippen molar-refractivity contribution in [2.24, 2.45) is 0 Å². The third-order valence-corrected chi connectivity index (χ3v) is 5.33. The third kappa shape index (κ3) is 3.81. The van der Waals surface area contributed by atoms with Gasteiger partial charge in [0.15, 0.2) is 10.9 Å². The van der Waals surface area contributed by atoms with Gasteiger partial charge in [-0.2, -0.15) is 15.5 Å². The van der Waals surface area contributed by atoms with Gasteiger partial charge in [0.2, 0.25) is 0 Å². The summed E-state index contributed by atoms with van der Waals surface area (Å²) in [5.41, 5.74) is 3.48. The molecule has 4 rings (SSSR count). The summed E-state index contributed by atoms with van der Waals surface area (Å²) in [6.45, 7) is 4.39. The Balaban J connectivity index is 1.50. The summed E-state index contributed by atoms with van der Waals surface area (Å²) in [5, 5.41) is 27.6. The Morgan fingerprint density at radius 3 is 3.00 bits per heavy atom. The standard InChI is InChI=1S/C19H18N8OS/c1-11-4-5-14-13(8-22-25-14)16(11)23-18(28)15-9-21-19(29-15)24-17-12(2)10-27(26-17)7-3-6-20/h4-5,8-10H,3,7H2,1-2H3,(H,22,25)(H,23,28)(H,21,24,26).